The van der Waals surface area contributed by atoms with Crippen molar-refractivity contribution in [2.24, 2.45) is 28.1 Å². The number of aliphatic hydroxyl groups is 3. The standard InChI is InChI=1S/C20H24O10/c1-6-12(23)28-11-9(21)18-8-5-7(16(2,3)4)17(18)10(22)13(24)29-15(17)30-20(18,14(25)27-8)19(6,11)26/h6-11,15,21-22,26H,5H2,1-4H3/t6-,7+,8-,9+,10+,11+,15+,17+,18?,19-,20?/m1/s1. The van der Waals surface area contributed by atoms with Crippen molar-refractivity contribution in [3.05, 3.63) is 0 Å². The molecule has 4 heterocycles. The molecule has 0 aromatic carbocycles. The van der Waals surface area contributed by atoms with Crippen LogP contribution in [0.2, 0.25) is 0 Å². The molecule has 6 fully saturated rings. The Bertz CT molecular complexity index is 925. The van der Waals surface area contributed by atoms with Crippen LogP contribution >= 0.6 is 0 Å². The number of carbonyl (C=O) groups is 3. The highest BCUT2D eigenvalue weighted by molar-refractivity contribution is 5.94. The molecule has 164 valence electrons. The number of hydrogen-bond donors (Lipinski definition) is 3. The van der Waals surface area contributed by atoms with Crippen molar-refractivity contribution in [1.29, 1.82) is 0 Å². The molecule has 0 aromatic heterocycles. The molecule has 30 heavy (non-hydrogen) atoms. The molecule has 6 rings (SSSR count). The van der Waals surface area contributed by atoms with E-state index in [1.54, 1.807) is 0 Å². The smallest absolute Gasteiger partial charge is 0.343 e. The third-order valence-electron chi connectivity index (χ3n) is 9.00. The molecule has 4 saturated heterocycles. The maximum absolute atomic E-state index is 13.4. The van der Waals surface area contributed by atoms with Crippen molar-refractivity contribution >= 4 is 17.9 Å². The van der Waals surface area contributed by atoms with Crippen LogP contribution < -0.4 is 0 Å². The van der Waals surface area contributed by atoms with Crippen LogP contribution in [0.1, 0.15) is 34.1 Å². The van der Waals surface area contributed by atoms with Crippen LogP contribution in [0.15, 0.2) is 0 Å². The zero-order chi connectivity index (χ0) is 21.8. The van der Waals surface area contributed by atoms with E-state index in [4.69, 9.17) is 18.9 Å². The van der Waals surface area contributed by atoms with Crippen LogP contribution in [0.3, 0.4) is 0 Å². The number of ether oxygens (including phenoxy) is 4. The van der Waals surface area contributed by atoms with Gasteiger partial charge in [0.2, 0.25) is 11.9 Å². The summed E-state index contributed by atoms with van der Waals surface area (Å²) in [4.78, 5) is 38.2. The van der Waals surface area contributed by atoms with E-state index in [2.05, 4.69) is 0 Å². The maximum atomic E-state index is 13.4. The summed E-state index contributed by atoms with van der Waals surface area (Å²) in [6.45, 7) is 7.14. The zero-order valence-corrected chi connectivity index (χ0v) is 16.9. The lowest BCUT2D eigenvalue weighted by molar-refractivity contribution is -0.239. The summed E-state index contributed by atoms with van der Waals surface area (Å²) < 4.78 is 22.5. The molecule has 11 atom stereocenters. The highest BCUT2D eigenvalue weighted by atomic mass is 16.8. The molecule has 2 unspecified atom stereocenters. The van der Waals surface area contributed by atoms with Gasteiger partial charge in [-0.25, -0.2) is 9.59 Å². The van der Waals surface area contributed by atoms with Gasteiger partial charge in [0.25, 0.3) is 0 Å². The molecule has 2 spiro atoms. The van der Waals surface area contributed by atoms with Crippen molar-refractivity contribution in [1.82, 2.24) is 0 Å². The number of aliphatic hydroxyl groups excluding tert-OH is 2. The first-order valence-electron chi connectivity index (χ1n) is 10.2. The van der Waals surface area contributed by atoms with Gasteiger partial charge in [0.15, 0.2) is 17.8 Å². The normalized spacial score (nSPS) is 60.1. The first kappa shape index (κ1) is 19.0. The zero-order valence-electron chi connectivity index (χ0n) is 16.9. The second-order valence-electron chi connectivity index (χ2n) is 10.7. The quantitative estimate of drug-likeness (QED) is 0.314. The van der Waals surface area contributed by atoms with E-state index in [1.165, 1.54) is 6.92 Å². The molecule has 2 aliphatic carbocycles. The summed E-state index contributed by atoms with van der Waals surface area (Å²) in [6, 6.07) is 0. The van der Waals surface area contributed by atoms with Crippen LogP contribution in [0.5, 0.6) is 0 Å². The van der Waals surface area contributed by atoms with E-state index < -0.39 is 87.9 Å². The second-order valence-corrected chi connectivity index (χ2v) is 10.7. The summed E-state index contributed by atoms with van der Waals surface area (Å²) >= 11 is 0. The van der Waals surface area contributed by atoms with Crippen molar-refractivity contribution in [2.75, 3.05) is 0 Å². The molecule has 0 radical (unpaired) electrons. The third kappa shape index (κ3) is 1.33. The average Bonchev–Trinajstić information content (AvgIpc) is 3.35. The molecular weight excluding hydrogens is 400 g/mol. The van der Waals surface area contributed by atoms with E-state index in [0.717, 1.165) is 0 Å². The number of esters is 3. The molecule has 0 aromatic rings. The van der Waals surface area contributed by atoms with Gasteiger partial charge in [0, 0.05) is 0 Å². The minimum atomic E-state index is -2.24. The molecule has 10 nitrogen and oxygen atoms in total. The first-order chi connectivity index (χ1) is 13.8. The highest BCUT2D eigenvalue weighted by Crippen LogP contribution is 2.84. The monoisotopic (exact) mass is 424 g/mol. The Kier molecular flexibility index (Phi) is 2.97. The van der Waals surface area contributed by atoms with Gasteiger partial charge in [-0.15, -0.1) is 0 Å². The summed E-state index contributed by atoms with van der Waals surface area (Å²) in [7, 11) is 0. The van der Waals surface area contributed by atoms with E-state index in [1.807, 2.05) is 20.8 Å². The Morgan fingerprint density at radius 2 is 1.70 bits per heavy atom. The molecule has 0 amide bonds. The van der Waals surface area contributed by atoms with Gasteiger partial charge in [0.05, 0.1) is 16.7 Å². The molecule has 4 aliphatic heterocycles. The topological polar surface area (TPSA) is 149 Å². The van der Waals surface area contributed by atoms with Gasteiger partial charge in [-0.3, -0.25) is 4.79 Å². The van der Waals surface area contributed by atoms with Crippen LogP contribution in [0, 0.1) is 28.1 Å². The Labute approximate surface area is 171 Å². The summed E-state index contributed by atoms with van der Waals surface area (Å²) in [5, 5.41) is 34.7. The lowest BCUT2D eigenvalue weighted by Gasteiger charge is -2.47. The van der Waals surface area contributed by atoms with E-state index in [-0.39, 0.29) is 6.42 Å². The molecule has 0 bridgehead atoms. The highest BCUT2D eigenvalue weighted by Gasteiger charge is 3.03. The van der Waals surface area contributed by atoms with Gasteiger partial charge in [-0.05, 0) is 24.7 Å². The van der Waals surface area contributed by atoms with Crippen molar-refractivity contribution in [3.63, 3.8) is 0 Å². The van der Waals surface area contributed by atoms with Gasteiger partial charge < -0.3 is 34.3 Å². The molecule has 10 heteroatoms. The fourth-order valence-electron chi connectivity index (χ4n) is 8.12. The van der Waals surface area contributed by atoms with Crippen LogP contribution in [0.4, 0.5) is 0 Å². The number of carbonyl (C=O) groups excluding carboxylic acids is 3. The summed E-state index contributed by atoms with van der Waals surface area (Å²) in [6.07, 6.45) is -6.91. The van der Waals surface area contributed by atoms with E-state index in [9.17, 15) is 29.7 Å². The summed E-state index contributed by atoms with van der Waals surface area (Å²) in [5.41, 5.74) is -8.26. The Morgan fingerprint density at radius 1 is 1.03 bits per heavy atom. The van der Waals surface area contributed by atoms with Gasteiger partial charge in [0.1, 0.15) is 12.2 Å². The fraction of sp³-hybridized carbons (Fsp3) is 0.850. The Balaban J connectivity index is 1.72. The molecule has 3 N–H and O–H groups in total. The van der Waals surface area contributed by atoms with Crippen LogP contribution in [0.25, 0.3) is 0 Å². The minimum absolute atomic E-state index is 0.229. The van der Waals surface area contributed by atoms with E-state index in [0.29, 0.717) is 0 Å². The van der Waals surface area contributed by atoms with Crippen LogP contribution in [-0.4, -0.2) is 75.1 Å². The molecule has 2 saturated carbocycles. The van der Waals surface area contributed by atoms with Crippen LogP contribution in [-0.2, 0) is 33.3 Å². The number of rotatable bonds is 0. The lowest BCUT2D eigenvalue weighted by atomic mass is 9.51. The maximum Gasteiger partial charge on any atom is 0.343 e. The Hall–Kier alpha value is -1.75. The SMILES string of the molecule is C[C@@H]1C(=O)O[C@H]2[C@H](O)C34[C@H]5C[C@@H](C(C)(C)C)[C@]36[C@@H](OC(=O)[C@@H]6O)OC4(C(=O)O5)[C@@]12O. The predicted molar refractivity (Wildman–Crippen MR) is 92.0 cm³/mol. The van der Waals surface area contributed by atoms with Crippen molar-refractivity contribution < 1.29 is 48.7 Å². The molecule has 6 aliphatic rings. The van der Waals surface area contributed by atoms with E-state index >= 15 is 0 Å². The average molecular weight is 424 g/mol. The largest absolute Gasteiger partial charge is 0.459 e. The number of fused-ring (bicyclic) bond motifs is 1. The van der Waals surface area contributed by atoms with Gasteiger partial charge in [-0.1, -0.05) is 20.8 Å². The minimum Gasteiger partial charge on any atom is -0.459 e. The Morgan fingerprint density at radius 3 is 2.33 bits per heavy atom. The van der Waals surface area contributed by atoms with Crippen molar-refractivity contribution in [3.8, 4) is 0 Å². The number of hydrogen-bond acceptors (Lipinski definition) is 10. The second kappa shape index (κ2) is 4.69. The van der Waals surface area contributed by atoms with Gasteiger partial charge in [-0.2, -0.15) is 0 Å². The summed E-state index contributed by atoms with van der Waals surface area (Å²) in [5.74, 6) is -4.32. The first-order valence-corrected chi connectivity index (χ1v) is 10.2. The fourth-order valence-corrected chi connectivity index (χ4v) is 8.12. The van der Waals surface area contributed by atoms with Crippen molar-refractivity contribution in [2.45, 2.75) is 76.0 Å². The third-order valence-corrected chi connectivity index (χ3v) is 9.00. The van der Waals surface area contributed by atoms with Gasteiger partial charge >= 0.3 is 17.9 Å². The lowest BCUT2D eigenvalue weighted by Crippen LogP contribution is -2.67. The molecular formula is C20H24O10. The predicted octanol–water partition coefficient (Wildman–Crippen LogP) is -1.37.